The molecule has 0 amide bonds. The summed E-state index contributed by atoms with van der Waals surface area (Å²) in [4.78, 5) is 1.88. The standard InChI is InChI=1S/C12H17FN2/c1-4-15(12(14)9(2)3)11-7-5-10(13)6-8-11/h5-9,14H,4H2,1-3H3. The molecule has 82 valence electrons. The summed E-state index contributed by atoms with van der Waals surface area (Å²) in [5.41, 5.74) is 0.873. The largest absolute Gasteiger partial charge is 0.330 e. The van der Waals surface area contributed by atoms with E-state index in [2.05, 4.69) is 0 Å². The SMILES string of the molecule is CCN(C(=N)C(C)C)c1ccc(F)cc1. The average Bonchev–Trinajstić information content (AvgIpc) is 2.21. The molecular formula is C12H17FN2. The van der Waals surface area contributed by atoms with Gasteiger partial charge in [0.25, 0.3) is 0 Å². The molecule has 0 saturated heterocycles. The van der Waals surface area contributed by atoms with Gasteiger partial charge >= 0.3 is 0 Å². The predicted octanol–water partition coefficient (Wildman–Crippen LogP) is 3.29. The zero-order valence-electron chi connectivity index (χ0n) is 9.42. The zero-order chi connectivity index (χ0) is 11.4. The maximum atomic E-state index is 12.7. The third kappa shape index (κ3) is 2.78. The smallest absolute Gasteiger partial charge is 0.123 e. The molecule has 1 aromatic rings. The van der Waals surface area contributed by atoms with Gasteiger partial charge in [0.1, 0.15) is 11.7 Å². The summed E-state index contributed by atoms with van der Waals surface area (Å²) in [5.74, 6) is 0.491. The molecule has 3 heteroatoms. The first-order valence-corrected chi connectivity index (χ1v) is 5.17. The Morgan fingerprint density at radius 3 is 2.27 bits per heavy atom. The zero-order valence-corrected chi connectivity index (χ0v) is 9.42. The number of rotatable bonds is 3. The molecule has 0 fully saturated rings. The van der Waals surface area contributed by atoms with E-state index < -0.39 is 0 Å². The van der Waals surface area contributed by atoms with Gasteiger partial charge in [0.05, 0.1) is 0 Å². The maximum absolute atomic E-state index is 12.7. The van der Waals surface area contributed by atoms with E-state index in [0.29, 0.717) is 5.84 Å². The van der Waals surface area contributed by atoms with E-state index in [-0.39, 0.29) is 11.7 Å². The van der Waals surface area contributed by atoms with E-state index in [0.717, 1.165) is 12.2 Å². The van der Waals surface area contributed by atoms with Crippen LogP contribution in [0, 0.1) is 17.1 Å². The lowest BCUT2D eigenvalue weighted by molar-refractivity contribution is 0.628. The average molecular weight is 208 g/mol. The van der Waals surface area contributed by atoms with Gasteiger partial charge in [-0.3, -0.25) is 5.41 Å². The van der Waals surface area contributed by atoms with E-state index in [1.165, 1.54) is 12.1 Å². The highest BCUT2D eigenvalue weighted by Crippen LogP contribution is 2.17. The Kier molecular flexibility index (Phi) is 3.83. The van der Waals surface area contributed by atoms with Crippen molar-refractivity contribution in [2.75, 3.05) is 11.4 Å². The topological polar surface area (TPSA) is 27.1 Å². The number of hydrogen-bond acceptors (Lipinski definition) is 1. The first kappa shape index (κ1) is 11.7. The van der Waals surface area contributed by atoms with Crippen LogP contribution in [0.15, 0.2) is 24.3 Å². The molecule has 0 aliphatic carbocycles. The van der Waals surface area contributed by atoms with Gasteiger partial charge in [0, 0.05) is 18.2 Å². The van der Waals surface area contributed by atoms with Gasteiger partial charge in [-0.25, -0.2) is 4.39 Å². The van der Waals surface area contributed by atoms with Crippen LogP contribution in [0.1, 0.15) is 20.8 Å². The van der Waals surface area contributed by atoms with Crippen LogP contribution in [0.4, 0.5) is 10.1 Å². The van der Waals surface area contributed by atoms with Crippen molar-refractivity contribution < 1.29 is 4.39 Å². The highest BCUT2D eigenvalue weighted by Gasteiger charge is 2.12. The van der Waals surface area contributed by atoms with Gasteiger partial charge in [-0.05, 0) is 31.2 Å². The fraction of sp³-hybridized carbons (Fsp3) is 0.417. The number of halogens is 1. The van der Waals surface area contributed by atoms with Crippen LogP contribution in [-0.2, 0) is 0 Å². The normalized spacial score (nSPS) is 10.5. The number of nitrogens with one attached hydrogen (secondary N) is 1. The third-order valence-electron chi connectivity index (χ3n) is 2.29. The minimum absolute atomic E-state index is 0.176. The highest BCUT2D eigenvalue weighted by molar-refractivity contribution is 5.96. The van der Waals surface area contributed by atoms with Gasteiger partial charge in [-0.2, -0.15) is 0 Å². The molecule has 1 aromatic carbocycles. The summed E-state index contributed by atoms with van der Waals surface area (Å²) in [6.07, 6.45) is 0. The van der Waals surface area contributed by atoms with Gasteiger partial charge in [-0.1, -0.05) is 13.8 Å². The molecule has 0 unspecified atom stereocenters. The molecule has 1 rings (SSSR count). The molecule has 15 heavy (non-hydrogen) atoms. The molecule has 0 radical (unpaired) electrons. The van der Waals surface area contributed by atoms with Crippen molar-refractivity contribution in [3.05, 3.63) is 30.1 Å². The lowest BCUT2D eigenvalue weighted by Crippen LogP contribution is -2.33. The predicted molar refractivity (Wildman–Crippen MR) is 62.0 cm³/mol. The number of anilines is 1. The van der Waals surface area contributed by atoms with E-state index in [1.54, 1.807) is 12.1 Å². The van der Waals surface area contributed by atoms with Crippen LogP contribution in [0.2, 0.25) is 0 Å². The maximum Gasteiger partial charge on any atom is 0.123 e. The van der Waals surface area contributed by atoms with Crippen molar-refractivity contribution in [1.82, 2.24) is 0 Å². The van der Waals surface area contributed by atoms with Crippen molar-refractivity contribution in [3.8, 4) is 0 Å². The molecule has 0 bridgehead atoms. The van der Waals surface area contributed by atoms with Crippen molar-refractivity contribution in [2.24, 2.45) is 5.92 Å². The Morgan fingerprint density at radius 2 is 1.87 bits per heavy atom. The van der Waals surface area contributed by atoms with Crippen LogP contribution >= 0.6 is 0 Å². The second kappa shape index (κ2) is 4.91. The molecule has 0 heterocycles. The van der Waals surface area contributed by atoms with Crippen LogP contribution in [0.5, 0.6) is 0 Å². The first-order valence-electron chi connectivity index (χ1n) is 5.17. The van der Waals surface area contributed by atoms with Crippen molar-refractivity contribution >= 4 is 11.5 Å². The van der Waals surface area contributed by atoms with E-state index >= 15 is 0 Å². The van der Waals surface area contributed by atoms with Crippen LogP contribution in [0.25, 0.3) is 0 Å². The van der Waals surface area contributed by atoms with Gasteiger partial charge in [0.2, 0.25) is 0 Å². The lowest BCUT2D eigenvalue weighted by Gasteiger charge is -2.25. The van der Waals surface area contributed by atoms with Crippen LogP contribution < -0.4 is 4.90 Å². The molecule has 0 atom stereocenters. The molecule has 2 nitrogen and oxygen atoms in total. The Labute approximate surface area is 90.2 Å². The summed E-state index contributed by atoms with van der Waals surface area (Å²) in [7, 11) is 0. The molecule has 1 N–H and O–H groups in total. The number of amidine groups is 1. The Balaban J connectivity index is 2.92. The van der Waals surface area contributed by atoms with E-state index in [4.69, 9.17) is 5.41 Å². The molecule has 0 saturated carbocycles. The monoisotopic (exact) mass is 208 g/mol. The molecular weight excluding hydrogens is 191 g/mol. The lowest BCUT2D eigenvalue weighted by atomic mass is 10.1. The minimum atomic E-state index is -0.245. The highest BCUT2D eigenvalue weighted by atomic mass is 19.1. The Hall–Kier alpha value is -1.38. The number of nitrogens with zero attached hydrogens (tertiary/aromatic N) is 1. The summed E-state index contributed by atoms with van der Waals surface area (Å²) >= 11 is 0. The Morgan fingerprint density at radius 1 is 1.33 bits per heavy atom. The fourth-order valence-corrected chi connectivity index (χ4v) is 1.42. The molecule has 0 spiro atoms. The second-order valence-corrected chi connectivity index (χ2v) is 3.76. The first-order chi connectivity index (χ1) is 7.06. The number of hydrogen-bond donors (Lipinski definition) is 1. The number of benzene rings is 1. The molecule has 0 aromatic heterocycles. The quantitative estimate of drug-likeness (QED) is 0.599. The second-order valence-electron chi connectivity index (χ2n) is 3.76. The van der Waals surface area contributed by atoms with E-state index in [9.17, 15) is 4.39 Å². The van der Waals surface area contributed by atoms with E-state index in [1.807, 2.05) is 25.7 Å². The fourth-order valence-electron chi connectivity index (χ4n) is 1.42. The summed E-state index contributed by atoms with van der Waals surface area (Å²) in [6.45, 7) is 6.67. The van der Waals surface area contributed by atoms with Crippen molar-refractivity contribution in [1.29, 1.82) is 5.41 Å². The summed E-state index contributed by atoms with van der Waals surface area (Å²) in [5, 5.41) is 7.92. The molecule has 0 aliphatic heterocycles. The van der Waals surface area contributed by atoms with Crippen LogP contribution in [-0.4, -0.2) is 12.4 Å². The van der Waals surface area contributed by atoms with Gasteiger partial charge < -0.3 is 4.90 Å². The molecule has 0 aliphatic rings. The third-order valence-corrected chi connectivity index (χ3v) is 2.29. The van der Waals surface area contributed by atoms with Crippen molar-refractivity contribution in [3.63, 3.8) is 0 Å². The minimum Gasteiger partial charge on any atom is -0.330 e. The van der Waals surface area contributed by atoms with Crippen LogP contribution in [0.3, 0.4) is 0 Å². The Bertz CT molecular complexity index is 330. The summed E-state index contributed by atoms with van der Waals surface area (Å²) in [6, 6.07) is 6.25. The van der Waals surface area contributed by atoms with Gasteiger partial charge in [0.15, 0.2) is 0 Å². The van der Waals surface area contributed by atoms with Crippen molar-refractivity contribution in [2.45, 2.75) is 20.8 Å². The van der Waals surface area contributed by atoms with Gasteiger partial charge in [-0.15, -0.1) is 0 Å². The summed E-state index contributed by atoms with van der Waals surface area (Å²) < 4.78 is 12.7.